The van der Waals surface area contributed by atoms with Crippen molar-refractivity contribution in [2.24, 2.45) is 4.99 Å². The summed E-state index contributed by atoms with van der Waals surface area (Å²) in [6, 6.07) is 8.13. The fraction of sp³-hybridized carbons (Fsp3) is 0.286. The summed E-state index contributed by atoms with van der Waals surface area (Å²) in [6.07, 6.45) is 1.63. The molecule has 2 heterocycles. The van der Waals surface area contributed by atoms with Gasteiger partial charge in [-0.15, -0.1) is 0 Å². The van der Waals surface area contributed by atoms with Gasteiger partial charge in [0.2, 0.25) is 0 Å². The second-order valence-electron chi connectivity index (χ2n) is 6.25. The minimum atomic E-state index is -0.666. The quantitative estimate of drug-likeness (QED) is 0.523. The van der Waals surface area contributed by atoms with Crippen LogP contribution in [0.3, 0.4) is 0 Å². The lowest BCUT2D eigenvalue weighted by Gasteiger charge is -2.28. The maximum atomic E-state index is 12.9. The standard InChI is InChI=1S/C21H20BrCl2N3O3/c1-3-29-11-16-17(21(28)30-4-2)18(13-8-7-12(23)10-14(13)22)27-20(26-16)19-15(24)6-5-9-25-19/h5-10,18H,3-4,11H2,1-2H3,(H,26,27). The molecule has 2 aromatic rings. The Kier molecular flexibility index (Phi) is 7.88. The molecule has 6 nitrogen and oxygen atoms in total. The molecule has 0 fully saturated rings. The first-order chi connectivity index (χ1) is 14.5. The van der Waals surface area contributed by atoms with Crippen LogP contribution in [0.4, 0.5) is 0 Å². The maximum Gasteiger partial charge on any atom is 0.338 e. The van der Waals surface area contributed by atoms with Crippen molar-refractivity contribution in [2.75, 3.05) is 19.8 Å². The molecule has 0 spiro atoms. The number of hydrogen-bond donors (Lipinski definition) is 1. The Morgan fingerprint density at radius 2 is 2.03 bits per heavy atom. The van der Waals surface area contributed by atoms with Gasteiger partial charge in [-0.2, -0.15) is 0 Å². The highest BCUT2D eigenvalue weighted by Gasteiger charge is 2.34. The third-order valence-electron chi connectivity index (χ3n) is 4.31. The van der Waals surface area contributed by atoms with Gasteiger partial charge in [-0.3, -0.25) is 9.98 Å². The van der Waals surface area contributed by atoms with Crippen LogP contribution in [0, 0.1) is 0 Å². The van der Waals surface area contributed by atoms with E-state index in [0.717, 1.165) is 10.0 Å². The summed E-state index contributed by atoms with van der Waals surface area (Å²) >= 11 is 16.0. The molecule has 0 amide bonds. The lowest BCUT2D eigenvalue weighted by Crippen LogP contribution is -2.36. The molecule has 1 aromatic carbocycles. The van der Waals surface area contributed by atoms with E-state index in [4.69, 9.17) is 37.7 Å². The summed E-state index contributed by atoms with van der Waals surface area (Å²) in [4.78, 5) is 22.1. The van der Waals surface area contributed by atoms with Crippen molar-refractivity contribution in [1.82, 2.24) is 10.3 Å². The number of nitrogens with one attached hydrogen (secondary N) is 1. The first kappa shape index (κ1) is 22.7. The van der Waals surface area contributed by atoms with Crippen molar-refractivity contribution >= 4 is 50.9 Å². The molecule has 1 unspecified atom stereocenters. The molecule has 1 aromatic heterocycles. The molecule has 30 heavy (non-hydrogen) atoms. The number of aliphatic imine (C=N–C) groups is 1. The van der Waals surface area contributed by atoms with Crippen molar-refractivity contribution in [3.63, 3.8) is 0 Å². The van der Waals surface area contributed by atoms with Gasteiger partial charge in [0.25, 0.3) is 0 Å². The number of esters is 1. The molecule has 158 valence electrons. The number of nitrogens with zero attached hydrogens (tertiary/aromatic N) is 2. The first-order valence-corrected chi connectivity index (χ1v) is 10.9. The van der Waals surface area contributed by atoms with E-state index in [1.807, 2.05) is 13.0 Å². The van der Waals surface area contributed by atoms with Crippen LogP contribution in [0.5, 0.6) is 0 Å². The second-order valence-corrected chi connectivity index (χ2v) is 7.95. The average molecular weight is 513 g/mol. The molecule has 3 rings (SSSR count). The molecule has 0 saturated carbocycles. The Labute approximate surface area is 193 Å². The zero-order valence-electron chi connectivity index (χ0n) is 16.4. The fourth-order valence-electron chi connectivity index (χ4n) is 2.99. The van der Waals surface area contributed by atoms with Crippen LogP contribution >= 0.6 is 39.1 Å². The van der Waals surface area contributed by atoms with Crippen molar-refractivity contribution in [3.8, 4) is 0 Å². The summed E-state index contributed by atoms with van der Waals surface area (Å²) in [5, 5.41) is 4.18. The van der Waals surface area contributed by atoms with Crippen LogP contribution < -0.4 is 5.32 Å². The van der Waals surface area contributed by atoms with Crippen molar-refractivity contribution < 1.29 is 14.3 Å². The Balaban J connectivity index is 2.19. The SMILES string of the molecule is CCOCC1=C(C(=O)OCC)C(c2ccc(Cl)cc2Br)N=C(c2ncccc2Cl)N1. The minimum absolute atomic E-state index is 0.176. The lowest BCUT2D eigenvalue weighted by atomic mass is 9.95. The summed E-state index contributed by atoms with van der Waals surface area (Å²) in [5.41, 5.74) is 2.15. The van der Waals surface area contributed by atoms with Crippen molar-refractivity contribution in [1.29, 1.82) is 0 Å². The number of halogens is 3. The molecule has 0 bridgehead atoms. The van der Waals surface area contributed by atoms with E-state index >= 15 is 0 Å². The lowest BCUT2D eigenvalue weighted by molar-refractivity contribution is -0.139. The van der Waals surface area contributed by atoms with Gasteiger partial charge in [0.1, 0.15) is 11.7 Å². The molecular weight excluding hydrogens is 493 g/mol. The van der Waals surface area contributed by atoms with E-state index in [1.54, 1.807) is 37.4 Å². The van der Waals surface area contributed by atoms with Crippen molar-refractivity contribution in [2.45, 2.75) is 19.9 Å². The summed E-state index contributed by atoms with van der Waals surface area (Å²) in [7, 11) is 0. The normalized spacial score (nSPS) is 16.2. The number of carbonyl (C=O) groups excluding carboxylic acids is 1. The predicted molar refractivity (Wildman–Crippen MR) is 121 cm³/mol. The van der Waals surface area contributed by atoms with Gasteiger partial charge in [0.05, 0.1) is 29.5 Å². The molecule has 0 saturated heterocycles. The molecule has 0 aliphatic carbocycles. The highest BCUT2D eigenvalue weighted by atomic mass is 79.9. The zero-order chi connectivity index (χ0) is 21.7. The topological polar surface area (TPSA) is 72.8 Å². The molecule has 1 N–H and O–H groups in total. The van der Waals surface area contributed by atoms with Crippen LogP contribution in [0.2, 0.25) is 10.0 Å². The Morgan fingerprint density at radius 3 is 2.70 bits per heavy atom. The van der Waals surface area contributed by atoms with E-state index in [9.17, 15) is 4.79 Å². The largest absolute Gasteiger partial charge is 0.463 e. The van der Waals surface area contributed by atoms with Crippen LogP contribution in [-0.4, -0.2) is 36.6 Å². The van der Waals surface area contributed by atoms with E-state index in [-0.39, 0.29) is 13.2 Å². The highest BCUT2D eigenvalue weighted by molar-refractivity contribution is 9.10. The smallest absolute Gasteiger partial charge is 0.338 e. The maximum absolute atomic E-state index is 12.9. The summed E-state index contributed by atoms with van der Waals surface area (Å²) < 4.78 is 11.7. The van der Waals surface area contributed by atoms with E-state index in [2.05, 4.69) is 26.2 Å². The number of aromatic nitrogens is 1. The number of pyridine rings is 1. The third-order valence-corrected chi connectivity index (χ3v) is 5.54. The van der Waals surface area contributed by atoms with Gasteiger partial charge in [-0.05, 0) is 43.7 Å². The minimum Gasteiger partial charge on any atom is -0.463 e. The molecular formula is C21H20BrCl2N3O3. The van der Waals surface area contributed by atoms with Gasteiger partial charge < -0.3 is 14.8 Å². The number of amidine groups is 1. The van der Waals surface area contributed by atoms with Crippen molar-refractivity contribution in [3.05, 3.63) is 73.6 Å². The number of ether oxygens (including phenoxy) is 2. The average Bonchev–Trinajstić information content (AvgIpc) is 2.72. The number of carbonyl (C=O) groups is 1. The van der Waals surface area contributed by atoms with E-state index in [0.29, 0.717) is 39.5 Å². The Hall–Kier alpha value is -1.93. The highest BCUT2D eigenvalue weighted by Crippen LogP contribution is 2.37. The molecule has 9 heteroatoms. The molecule has 1 atom stereocenters. The molecule has 1 aliphatic heterocycles. The third kappa shape index (κ3) is 5.03. The van der Waals surface area contributed by atoms with Gasteiger partial charge in [-0.1, -0.05) is 45.2 Å². The van der Waals surface area contributed by atoms with Crippen LogP contribution in [0.1, 0.15) is 31.1 Å². The Bertz CT molecular complexity index is 1010. The van der Waals surface area contributed by atoms with Gasteiger partial charge >= 0.3 is 5.97 Å². The van der Waals surface area contributed by atoms with Crippen LogP contribution in [0.25, 0.3) is 0 Å². The fourth-order valence-corrected chi connectivity index (χ4v) is 4.10. The zero-order valence-corrected chi connectivity index (χ0v) is 19.5. The van der Waals surface area contributed by atoms with Crippen LogP contribution in [0.15, 0.2) is 57.3 Å². The molecule has 0 radical (unpaired) electrons. The number of rotatable bonds is 7. The monoisotopic (exact) mass is 511 g/mol. The first-order valence-electron chi connectivity index (χ1n) is 9.34. The van der Waals surface area contributed by atoms with Crippen LogP contribution in [-0.2, 0) is 14.3 Å². The number of benzene rings is 1. The van der Waals surface area contributed by atoms with Gasteiger partial charge in [-0.25, -0.2) is 4.79 Å². The predicted octanol–water partition coefficient (Wildman–Crippen LogP) is 5.10. The second kappa shape index (κ2) is 10.4. The number of hydrogen-bond acceptors (Lipinski definition) is 6. The Morgan fingerprint density at radius 1 is 1.23 bits per heavy atom. The van der Waals surface area contributed by atoms with E-state index in [1.165, 1.54) is 0 Å². The molecule has 1 aliphatic rings. The van der Waals surface area contributed by atoms with Gasteiger partial charge in [0, 0.05) is 22.3 Å². The van der Waals surface area contributed by atoms with Gasteiger partial charge in [0.15, 0.2) is 5.84 Å². The summed E-state index contributed by atoms with van der Waals surface area (Å²) in [6.45, 7) is 4.53. The van der Waals surface area contributed by atoms with E-state index < -0.39 is 12.0 Å². The summed E-state index contributed by atoms with van der Waals surface area (Å²) in [5.74, 6) is -0.0309.